The lowest BCUT2D eigenvalue weighted by atomic mass is 10.0. The van der Waals surface area contributed by atoms with Crippen LogP contribution in [0.5, 0.6) is 0 Å². The lowest BCUT2D eigenvalue weighted by molar-refractivity contribution is 0.228. The molecule has 0 aliphatic rings. The van der Waals surface area contributed by atoms with Gasteiger partial charge in [0.1, 0.15) is 5.82 Å². The largest absolute Gasteiger partial charge is 0.593 e. The Kier molecular flexibility index (Phi) is 6.81. The van der Waals surface area contributed by atoms with Crippen LogP contribution in [-0.2, 0) is 11.4 Å². The van der Waals surface area contributed by atoms with E-state index in [0.29, 0.717) is 27.1 Å². The van der Waals surface area contributed by atoms with E-state index < -0.39 is 17.2 Å². The van der Waals surface area contributed by atoms with Gasteiger partial charge in [0, 0.05) is 29.1 Å². The van der Waals surface area contributed by atoms with Gasteiger partial charge in [-0.3, -0.25) is 0 Å². The monoisotopic (exact) mass is 414 g/mol. The van der Waals surface area contributed by atoms with Gasteiger partial charge < -0.3 is 15.4 Å². The summed E-state index contributed by atoms with van der Waals surface area (Å²) in [5.74, 6) is -0.216. The van der Waals surface area contributed by atoms with Gasteiger partial charge in [0.05, 0.1) is 24.0 Å². The Labute approximate surface area is 172 Å². The molecular formula is C21H23FN4O2S. The third-order valence-electron chi connectivity index (χ3n) is 4.61. The molecule has 1 heterocycles. The first-order valence-corrected chi connectivity index (χ1v) is 10.3. The van der Waals surface area contributed by atoms with Gasteiger partial charge in [-0.15, -0.1) is 4.72 Å². The Hall–Kier alpha value is -2.52. The number of benzene rings is 2. The van der Waals surface area contributed by atoms with Crippen LogP contribution in [0.4, 0.5) is 10.3 Å². The Morgan fingerprint density at radius 1 is 1.10 bits per heavy atom. The summed E-state index contributed by atoms with van der Waals surface area (Å²) >= 11 is -1.56. The van der Waals surface area contributed by atoms with Gasteiger partial charge >= 0.3 is 0 Å². The van der Waals surface area contributed by atoms with Crippen LogP contribution in [-0.4, -0.2) is 32.3 Å². The van der Waals surface area contributed by atoms with Crippen molar-refractivity contribution >= 4 is 17.3 Å². The molecule has 3 aromatic rings. The van der Waals surface area contributed by atoms with Crippen molar-refractivity contribution in [2.75, 3.05) is 12.3 Å². The predicted molar refractivity (Wildman–Crippen MR) is 113 cm³/mol. The van der Waals surface area contributed by atoms with Gasteiger partial charge in [0.25, 0.3) is 0 Å². The first kappa shape index (κ1) is 21.2. The summed E-state index contributed by atoms with van der Waals surface area (Å²) in [5, 5.41) is 9.51. The maximum atomic E-state index is 14.8. The van der Waals surface area contributed by atoms with Crippen LogP contribution in [0, 0.1) is 11.7 Å². The van der Waals surface area contributed by atoms with Crippen molar-refractivity contribution in [1.82, 2.24) is 14.7 Å². The summed E-state index contributed by atoms with van der Waals surface area (Å²) in [7, 11) is 0. The molecule has 0 aliphatic carbocycles. The summed E-state index contributed by atoms with van der Waals surface area (Å²) in [4.78, 5) is 8.31. The van der Waals surface area contributed by atoms with E-state index in [9.17, 15) is 14.0 Å². The number of nitrogen functional groups attached to an aromatic ring is 1. The fraction of sp³-hybridized carbons (Fsp3) is 0.238. The minimum Gasteiger partial charge on any atom is -0.593 e. The van der Waals surface area contributed by atoms with Gasteiger partial charge in [0.2, 0.25) is 5.95 Å². The molecule has 0 saturated heterocycles. The molecule has 0 fully saturated rings. The number of aliphatic hydroxyl groups is 1. The molecular weight excluding hydrogens is 391 g/mol. The van der Waals surface area contributed by atoms with Crippen LogP contribution >= 0.6 is 0 Å². The summed E-state index contributed by atoms with van der Waals surface area (Å²) in [5.41, 5.74) is 7.60. The number of aromatic nitrogens is 2. The minimum absolute atomic E-state index is 0.106. The number of anilines is 1. The topological polar surface area (TPSA) is 107 Å². The third-order valence-corrected chi connectivity index (χ3v) is 5.88. The fourth-order valence-electron chi connectivity index (χ4n) is 2.85. The van der Waals surface area contributed by atoms with E-state index in [-0.39, 0.29) is 24.5 Å². The average molecular weight is 415 g/mol. The van der Waals surface area contributed by atoms with E-state index >= 15 is 0 Å². The van der Waals surface area contributed by atoms with E-state index in [0.717, 1.165) is 0 Å². The van der Waals surface area contributed by atoms with Crippen molar-refractivity contribution in [2.45, 2.75) is 24.8 Å². The highest BCUT2D eigenvalue weighted by Crippen LogP contribution is 2.31. The van der Waals surface area contributed by atoms with Crippen LogP contribution < -0.4 is 10.5 Å². The van der Waals surface area contributed by atoms with E-state index in [2.05, 4.69) is 14.7 Å². The number of nitrogens with two attached hydrogens (primary N) is 1. The van der Waals surface area contributed by atoms with Crippen molar-refractivity contribution in [3.63, 3.8) is 0 Å². The molecule has 1 aromatic heterocycles. The normalized spacial score (nSPS) is 13.4. The second-order valence-corrected chi connectivity index (χ2v) is 8.15. The van der Waals surface area contributed by atoms with E-state index in [1.165, 1.54) is 18.5 Å². The number of nitrogens with one attached hydrogen (secondary N) is 1. The summed E-state index contributed by atoms with van der Waals surface area (Å²) in [6.07, 6.45) is 2.93. The Balaban J connectivity index is 1.93. The molecule has 2 aromatic carbocycles. The zero-order chi connectivity index (χ0) is 21.0. The van der Waals surface area contributed by atoms with E-state index in [4.69, 9.17) is 5.73 Å². The molecule has 4 N–H and O–H groups in total. The number of rotatable bonds is 7. The molecule has 0 amide bonds. The van der Waals surface area contributed by atoms with Gasteiger partial charge in [-0.25, -0.2) is 14.4 Å². The molecule has 0 spiro atoms. The summed E-state index contributed by atoms with van der Waals surface area (Å²) in [6, 6.07) is 11.6. The molecule has 0 bridgehead atoms. The van der Waals surface area contributed by atoms with E-state index in [1.807, 2.05) is 19.9 Å². The predicted octanol–water partition coefficient (Wildman–Crippen LogP) is 3.16. The van der Waals surface area contributed by atoms with Gasteiger partial charge in [-0.05, 0) is 29.7 Å². The molecule has 0 radical (unpaired) electrons. The SMILES string of the molecule is CC(C)C(CO)N[S+]([O-])c1ccccc1-c1ccc(-c2cnc(N)nc2)c(F)c1. The van der Waals surface area contributed by atoms with Gasteiger partial charge in [-0.2, -0.15) is 0 Å². The van der Waals surface area contributed by atoms with Crippen molar-refractivity contribution in [1.29, 1.82) is 0 Å². The lowest BCUT2D eigenvalue weighted by Crippen LogP contribution is -2.41. The highest BCUT2D eigenvalue weighted by Gasteiger charge is 2.24. The molecule has 6 nitrogen and oxygen atoms in total. The fourth-order valence-corrected chi connectivity index (χ4v) is 4.18. The third kappa shape index (κ3) is 4.91. The number of hydrogen-bond acceptors (Lipinski definition) is 6. The lowest BCUT2D eigenvalue weighted by Gasteiger charge is -2.22. The first-order valence-electron chi connectivity index (χ1n) is 9.16. The molecule has 2 atom stereocenters. The zero-order valence-corrected chi connectivity index (χ0v) is 17.0. The van der Waals surface area contributed by atoms with Crippen LogP contribution in [0.3, 0.4) is 0 Å². The quantitative estimate of drug-likeness (QED) is 0.513. The molecule has 3 rings (SSSR count). The number of aliphatic hydroxyl groups excluding tert-OH is 1. The Morgan fingerprint density at radius 2 is 1.79 bits per heavy atom. The highest BCUT2D eigenvalue weighted by atomic mass is 32.2. The van der Waals surface area contributed by atoms with Crippen LogP contribution in [0.2, 0.25) is 0 Å². The second-order valence-electron chi connectivity index (χ2n) is 6.94. The standard InChI is InChI=1S/C21H23FN4O2S/c1-13(2)19(12-27)26-29(28)20-6-4-3-5-17(20)14-7-8-16(18(22)9-14)15-10-24-21(23)25-11-15/h3-11,13,19,26-27H,12H2,1-2H3,(H2,23,24,25). The molecule has 29 heavy (non-hydrogen) atoms. The molecule has 2 unspecified atom stereocenters. The van der Waals surface area contributed by atoms with Crippen molar-refractivity contribution in [2.24, 2.45) is 5.92 Å². The van der Waals surface area contributed by atoms with E-state index in [1.54, 1.807) is 30.3 Å². The average Bonchev–Trinajstić information content (AvgIpc) is 2.72. The Bertz CT molecular complexity index is 969. The van der Waals surface area contributed by atoms with Crippen LogP contribution in [0.25, 0.3) is 22.3 Å². The summed E-state index contributed by atoms with van der Waals surface area (Å²) < 4.78 is 30.6. The maximum Gasteiger partial charge on any atom is 0.219 e. The van der Waals surface area contributed by atoms with Crippen LogP contribution in [0.1, 0.15) is 13.8 Å². The second kappa shape index (κ2) is 9.32. The number of halogens is 1. The number of nitrogens with zero attached hydrogens (tertiary/aromatic N) is 2. The molecule has 0 aliphatic heterocycles. The van der Waals surface area contributed by atoms with Crippen LogP contribution in [0.15, 0.2) is 59.8 Å². The van der Waals surface area contributed by atoms with Gasteiger partial charge in [-0.1, -0.05) is 38.1 Å². The van der Waals surface area contributed by atoms with Crippen molar-refractivity contribution in [3.8, 4) is 22.3 Å². The zero-order valence-electron chi connectivity index (χ0n) is 16.2. The van der Waals surface area contributed by atoms with Crippen molar-refractivity contribution in [3.05, 3.63) is 60.7 Å². The molecule has 8 heteroatoms. The maximum absolute atomic E-state index is 14.8. The molecule has 152 valence electrons. The minimum atomic E-state index is -1.56. The van der Waals surface area contributed by atoms with Gasteiger partial charge in [0.15, 0.2) is 4.90 Å². The number of hydrogen-bond donors (Lipinski definition) is 3. The first-order chi connectivity index (χ1) is 13.9. The van der Waals surface area contributed by atoms with Crippen molar-refractivity contribution < 1.29 is 14.0 Å². The smallest absolute Gasteiger partial charge is 0.219 e. The highest BCUT2D eigenvalue weighted by molar-refractivity contribution is 7.89. The Morgan fingerprint density at radius 3 is 2.41 bits per heavy atom. The molecule has 0 saturated carbocycles. The summed E-state index contributed by atoms with van der Waals surface area (Å²) in [6.45, 7) is 3.75.